The molecular formula is C22H28F2N4O. The number of hydrogen-bond donors (Lipinski definition) is 2. The average molecular weight is 402 g/mol. The molecule has 156 valence electrons. The molecule has 2 amide bonds. The van der Waals surface area contributed by atoms with E-state index in [1.807, 2.05) is 37.2 Å². The van der Waals surface area contributed by atoms with E-state index in [9.17, 15) is 13.6 Å². The number of carbonyl (C=O) groups excluding carboxylic acids is 1. The molecule has 0 aliphatic carbocycles. The van der Waals surface area contributed by atoms with Crippen molar-refractivity contribution < 1.29 is 13.6 Å². The van der Waals surface area contributed by atoms with Gasteiger partial charge in [0.15, 0.2) is 11.6 Å². The van der Waals surface area contributed by atoms with Crippen molar-refractivity contribution in [3.05, 3.63) is 65.2 Å². The molecule has 0 aromatic heterocycles. The minimum atomic E-state index is -0.838. The molecule has 2 aromatic rings. The van der Waals surface area contributed by atoms with E-state index < -0.39 is 11.6 Å². The third-order valence-electron chi connectivity index (χ3n) is 5.15. The van der Waals surface area contributed by atoms with Gasteiger partial charge in [0.05, 0.1) is 0 Å². The SMILES string of the molecule is CN(C)Cc1ccccc1CNC(=O)NC[C@@H]1CCN(c2ccc(F)c(F)c2)C1. The number of nitrogens with one attached hydrogen (secondary N) is 2. The predicted molar refractivity (Wildman–Crippen MR) is 111 cm³/mol. The van der Waals surface area contributed by atoms with E-state index in [1.165, 1.54) is 11.6 Å². The molecule has 3 rings (SSSR count). The lowest BCUT2D eigenvalue weighted by atomic mass is 10.1. The van der Waals surface area contributed by atoms with Crippen LogP contribution in [0.2, 0.25) is 0 Å². The molecule has 2 aromatic carbocycles. The van der Waals surface area contributed by atoms with Crippen molar-refractivity contribution in [1.29, 1.82) is 0 Å². The summed E-state index contributed by atoms with van der Waals surface area (Å²) >= 11 is 0. The van der Waals surface area contributed by atoms with Gasteiger partial charge in [-0.05, 0) is 49.7 Å². The highest BCUT2D eigenvalue weighted by molar-refractivity contribution is 5.73. The van der Waals surface area contributed by atoms with E-state index >= 15 is 0 Å². The fourth-order valence-corrected chi connectivity index (χ4v) is 3.62. The molecule has 1 aliphatic rings. The molecule has 1 fully saturated rings. The molecule has 1 atom stereocenters. The zero-order valence-corrected chi connectivity index (χ0v) is 16.9. The molecule has 0 saturated carbocycles. The van der Waals surface area contributed by atoms with Crippen LogP contribution in [0, 0.1) is 17.6 Å². The van der Waals surface area contributed by atoms with Gasteiger partial charge >= 0.3 is 6.03 Å². The van der Waals surface area contributed by atoms with E-state index in [2.05, 4.69) is 21.6 Å². The summed E-state index contributed by atoms with van der Waals surface area (Å²) in [7, 11) is 4.03. The number of urea groups is 1. The summed E-state index contributed by atoms with van der Waals surface area (Å²) in [6, 6.07) is 11.8. The number of amides is 2. The largest absolute Gasteiger partial charge is 0.371 e. The molecule has 5 nitrogen and oxygen atoms in total. The third kappa shape index (κ3) is 5.90. The van der Waals surface area contributed by atoms with E-state index in [0.29, 0.717) is 25.3 Å². The lowest BCUT2D eigenvalue weighted by Gasteiger charge is -2.19. The normalized spacial score (nSPS) is 16.3. The van der Waals surface area contributed by atoms with Crippen LogP contribution in [-0.2, 0) is 13.1 Å². The number of carbonyl (C=O) groups is 1. The summed E-state index contributed by atoms with van der Waals surface area (Å²) in [6.45, 7) is 3.31. The molecule has 7 heteroatoms. The highest BCUT2D eigenvalue weighted by Gasteiger charge is 2.23. The van der Waals surface area contributed by atoms with Crippen LogP contribution in [0.1, 0.15) is 17.5 Å². The van der Waals surface area contributed by atoms with Gasteiger partial charge in [-0.3, -0.25) is 0 Å². The highest BCUT2D eigenvalue weighted by Crippen LogP contribution is 2.25. The second kappa shape index (κ2) is 9.69. The average Bonchev–Trinajstić information content (AvgIpc) is 3.16. The van der Waals surface area contributed by atoms with Gasteiger partial charge in [-0.2, -0.15) is 0 Å². The van der Waals surface area contributed by atoms with Gasteiger partial charge in [0, 0.05) is 44.5 Å². The smallest absolute Gasteiger partial charge is 0.315 e. The van der Waals surface area contributed by atoms with E-state index in [1.54, 1.807) is 6.07 Å². The maximum atomic E-state index is 13.4. The van der Waals surface area contributed by atoms with Crippen LogP contribution in [0.15, 0.2) is 42.5 Å². The minimum absolute atomic E-state index is 0.198. The molecule has 29 heavy (non-hydrogen) atoms. The van der Waals surface area contributed by atoms with Crippen molar-refractivity contribution in [2.45, 2.75) is 19.5 Å². The Morgan fingerprint density at radius 2 is 1.86 bits per heavy atom. The maximum Gasteiger partial charge on any atom is 0.315 e. The van der Waals surface area contributed by atoms with Crippen molar-refractivity contribution in [2.75, 3.05) is 38.6 Å². The number of anilines is 1. The first-order valence-corrected chi connectivity index (χ1v) is 9.85. The summed E-state index contributed by atoms with van der Waals surface area (Å²) in [5.74, 6) is -1.40. The number of halogens is 2. The van der Waals surface area contributed by atoms with Crippen molar-refractivity contribution in [1.82, 2.24) is 15.5 Å². The van der Waals surface area contributed by atoms with Crippen LogP contribution in [0.25, 0.3) is 0 Å². The standard InChI is InChI=1S/C22H28F2N4O/c1-27(2)15-18-6-4-3-5-17(18)13-26-22(29)25-12-16-9-10-28(14-16)19-7-8-20(23)21(24)11-19/h3-8,11,16H,9-10,12-15H2,1-2H3,(H2,25,26,29)/t16-/m0/s1. The van der Waals surface area contributed by atoms with Crippen LogP contribution >= 0.6 is 0 Å². The first-order chi connectivity index (χ1) is 13.9. The number of benzene rings is 2. The van der Waals surface area contributed by atoms with Crippen LogP contribution < -0.4 is 15.5 Å². The first-order valence-electron chi connectivity index (χ1n) is 9.85. The minimum Gasteiger partial charge on any atom is -0.371 e. The van der Waals surface area contributed by atoms with Crippen LogP contribution in [0.3, 0.4) is 0 Å². The van der Waals surface area contributed by atoms with Gasteiger partial charge in [-0.15, -0.1) is 0 Å². The Hall–Kier alpha value is -2.67. The lowest BCUT2D eigenvalue weighted by molar-refractivity contribution is 0.239. The summed E-state index contributed by atoms with van der Waals surface area (Å²) < 4.78 is 26.5. The van der Waals surface area contributed by atoms with E-state index in [0.717, 1.165) is 31.1 Å². The zero-order valence-electron chi connectivity index (χ0n) is 16.9. The summed E-state index contributed by atoms with van der Waals surface area (Å²) in [4.78, 5) is 16.3. The molecule has 1 aliphatic heterocycles. The Morgan fingerprint density at radius 1 is 1.10 bits per heavy atom. The maximum absolute atomic E-state index is 13.4. The molecule has 0 unspecified atom stereocenters. The molecule has 0 radical (unpaired) electrons. The topological polar surface area (TPSA) is 47.6 Å². The fraction of sp³-hybridized carbons (Fsp3) is 0.409. The molecule has 2 N–H and O–H groups in total. The van der Waals surface area contributed by atoms with Crippen molar-refractivity contribution in [3.8, 4) is 0 Å². The van der Waals surface area contributed by atoms with Crippen LogP contribution in [0.5, 0.6) is 0 Å². The molecule has 1 saturated heterocycles. The summed E-state index contributed by atoms with van der Waals surface area (Å²) in [5, 5.41) is 5.85. The Balaban J connectivity index is 1.44. The Kier molecular flexibility index (Phi) is 7.04. The van der Waals surface area contributed by atoms with Gasteiger partial charge in [0.25, 0.3) is 0 Å². The van der Waals surface area contributed by atoms with Gasteiger partial charge in [0.1, 0.15) is 0 Å². The van der Waals surface area contributed by atoms with Gasteiger partial charge in [-0.1, -0.05) is 24.3 Å². The van der Waals surface area contributed by atoms with E-state index in [4.69, 9.17) is 0 Å². The van der Waals surface area contributed by atoms with Gasteiger partial charge in [0.2, 0.25) is 0 Å². The van der Waals surface area contributed by atoms with Crippen molar-refractivity contribution in [2.24, 2.45) is 5.92 Å². The van der Waals surface area contributed by atoms with Gasteiger partial charge < -0.3 is 20.4 Å². The third-order valence-corrected chi connectivity index (χ3v) is 5.15. The highest BCUT2D eigenvalue weighted by atomic mass is 19.2. The van der Waals surface area contributed by atoms with Crippen molar-refractivity contribution >= 4 is 11.7 Å². The first kappa shape index (κ1) is 21.0. The van der Waals surface area contributed by atoms with E-state index in [-0.39, 0.29) is 11.9 Å². The second-order valence-corrected chi connectivity index (χ2v) is 7.77. The van der Waals surface area contributed by atoms with Crippen molar-refractivity contribution in [3.63, 3.8) is 0 Å². The fourth-order valence-electron chi connectivity index (χ4n) is 3.62. The number of nitrogens with zero attached hydrogens (tertiary/aromatic N) is 2. The van der Waals surface area contributed by atoms with Crippen LogP contribution in [-0.4, -0.2) is 44.7 Å². The Morgan fingerprint density at radius 3 is 2.59 bits per heavy atom. The quantitative estimate of drug-likeness (QED) is 0.747. The molecule has 1 heterocycles. The Labute approximate surface area is 170 Å². The van der Waals surface area contributed by atoms with Crippen LogP contribution in [0.4, 0.5) is 19.3 Å². The molecule has 0 bridgehead atoms. The monoisotopic (exact) mass is 402 g/mol. The summed E-state index contributed by atoms with van der Waals surface area (Å²) in [6.07, 6.45) is 0.894. The zero-order chi connectivity index (χ0) is 20.8. The number of rotatable bonds is 7. The molecule has 0 spiro atoms. The summed E-state index contributed by atoms with van der Waals surface area (Å²) in [5.41, 5.74) is 2.96. The molecular weight excluding hydrogens is 374 g/mol. The lowest BCUT2D eigenvalue weighted by Crippen LogP contribution is -2.38. The second-order valence-electron chi connectivity index (χ2n) is 7.77. The Bertz CT molecular complexity index is 843. The number of hydrogen-bond acceptors (Lipinski definition) is 3. The van der Waals surface area contributed by atoms with Gasteiger partial charge in [-0.25, -0.2) is 13.6 Å². The predicted octanol–water partition coefficient (Wildman–Crippen LogP) is 3.35.